The van der Waals surface area contributed by atoms with Crippen molar-refractivity contribution in [3.05, 3.63) is 53.6 Å². The zero-order valence-corrected chi connectivity index (χ0v) is 21.1. The van der Waals surface area contributed by atoms with Gasteiger partial charge < -0.3 is 24.6 Å². The van der Waals surface area contributed by atoms with Crippen molar-refractivity contribution in [1.29, 1.82) is 0 Å². The number of methoxy groups -OCH3 is 2. The number of rotatable bonds is 7. The molecular weight excluding hydrogens is 442 g/mol. The van der Waals surface area contributed by atoms with Crippen LogP contribution in [0.15, 0.2) is 42.5 Å². The minimum absolute atomic E-state index is 0.0427. The number of amides is 2. The number of carbonyl (C=O) groups is 2. The van der Waals surface area contributed by atoms with Gasteiger partial charge in [-0.25, -0.2) is 0 Å². The maximum absolute atomic E-state index is 13.4. The second-order valence-electron chi connectivity index (χ2n) is 9.50. The summed E-state index contributed by atoms with van der Waals surface area (Å²) in [6, 6.07) is 13.6. The summed E-state index contributed by atoms with van der Waals surface area (Å²) in [5.41, 5.74) is 2.17. The Hall–Kier alpha value is -3.22. The molecule has 1 N–H and O–H groups in total. The Morgan fingerprint density at radius 3 is 2.14 bits per heavy atom. The number of hydrogen-bond donors (Lipinski definition) is 1. The average Bonchev–Trinajstić information content (AvgIpc) is 2.92. The lowest BCUT2D eigenvalue weighted by Crippen LogP contribution is -2.45. The van der Waals surface area contributed by atoms with E-state index in [1.807, 2.05) is 36.2 Å². The lowest BCUT2D eigenvalue weighted by molar-refractivity contribution is 0.0696. The molecule has 7 nitrogen and oxygen atoms in total. The van der Waals surface area contributed by atoms with Crippen LogP contribution < -0.4 is 19.7 Å². The number of benzene rings is 2. The summed E-state index contributed by atoms with van der Waals surface area (Å²) in [5, 5.41) is 3.15. The Labute approximate surface area is 208 Å². The lowest BCUT2D eigenvalue weighted by Gasteiger charge is -2.36. The molecule has 0 atom stereocenters. The highest BCUT2D eigenvalue weighted by Gasteiger charge is 2.28. The molecule has 0 aromatic heterocycles. The molecule has 1 heterocycles. The van der Waals surface area contributed by atoms with Crippen LogP contribution >= 0.6 is 0 Å². The molecule has 2 fully saturated rings. The molecule has 35 heavy (non-hydrogen) atoms. The van der Waals surface area contributed by atoms with Crippen molar-refractivity contribution in [1.82, 2.24) is 10.2 Å². The summed E-state index contributed by atoms with van der Waals surface area (Å²) in [6.45, 7) is 1.54. The first-order valence-corrected chi connectivity index (χ1v) is 12.7. The van der Waals surface area contributed by atoms with Crippen LogP contribution in [0.25, 0.3) is 0 Å². The van der Waals surface area contributed by atoms with Gasteiger partial charge in [0, 0.05) is 37.9 Å². The van der Waals surface area contributed by atoms with Gasteiger partial charge in [-0.2, -0.15) is 0 Å². The summed E-state index contributed by atoms with van der Waals surface area (Å²) in [4.78, 5) is 30.7. The monoisotopic (exact) mass is 479 g/mol. The van der Waals surface area contributed by atoms with Gasteiger partial charge in [0.2, 0.25) is 0 Å². The Morgan fingerprint density at radius 2 is 1.51 bits per heavy atom. The standard InChI is InChI=1S/C28H37N3O4/c1-30(21-10-5-4-6-11-21)28(33)22-12-7-8-13-23(22)31-18-16-20(17-19-31)29-27(32)26-24(34-2)14-9-15-25(26)35-3/h7-9,12-15,20-21H,4-6,10-11,16-19H2,1-3H3,(H,29,32). The molecule has 0 bridgehead atoms. The van der Waals surface area contributed by atoms with Gasteiger partial charge in [0.1, 0.15) is 17.1 Å². The molecule has 2 aromatic carbocycles. The van der Waals surface area contributed by atoms with Crippen LogP contribution in [-0.4, -0.2) is 63.2 Å². The number of nitrogens with one attached hydrogen (secondary N) is 1. The summed E-state index contributed by atoms with van der Waals surface area (Å²) < 4.78 is 10.8. The molecule has 1 aliphatic carbocycles. The van der Waals surface area contributed by atoms with Gasteiger partial charge in [-0.05, 0) is 49.9 Å². The predicted molar refractivity (Wildman–Crippen MR) is 138 cm³/mol. The zero-order chi connectivity index (χ0) is 24.8. The van der Waals surface area contributed by atoms with Gasteiger partial charge in [0.15, 0.2) is 0 Å². The summed E-state index contributed by atoms with van der Waals surface area (Å²) in [7, 11) is 5.05. The second kappa shape index (κ2) is 11.5. The number of para-hydroxylation sites is 1. The molecule has 0 unspecified atom stereocenters. The van der Waals surface area contributed by atoms with E-state index in [2.05, 4.69) is 10.2 Å². The number of nitrogens with zero attached hydrogens (tertiary/aromatic N) is 2. The number of ether oxygens (including phenoxy) is 2. The number of carbonyl (C=O) groups excluding carboxylic acids is 2. The summed E-state index contributed by atoms with van der Waals surface area (Å²) >= 11 is 0. The average molecular weight is 480 g/mol. The van der Waals surface area contributed by atoms with Gasteiger partial charge in [-0.3, -0.25) is 9.59 Å². The van der Waals surface area contributed by atoms with Crippen LogP contribution in [0.4, 0.5) is 5.69 Å². The third-order valence-electron chi connectivity index (χ3n) is 7.40. The molecule has 2 aromatic rings. The van der Waals surface area contributed by atoms with Crippen molar-refractivity contribution < 1.29 is 19.1 Å². The molecule has 188 valence electrons. The maximum atomic E-state index is 13.4. The Morgan fingerprint density at radius 1 is 0.886 bits per heavy atom. The lowest BCUT2D eigenvalue weighted by atomic mass is 9.94. The van der Waals surface area contributed by atoms with Crippen LogP contribution in [-0.2, 0) is 0 Å². The molecule has 0 spiro atoms. The second-order valence-corrected chi connectivity index (χ2v) is 9.50. The van der Waals surface area contributed by atoms with Gasteiger partial charge in [-0.1, -0.05) is 37.5 Å². The SMILES string of the molecule is COc1cccc(OC)c1C(=O)NC1CCN(c2ccccc2C(=O)N(C)C2CCCCC2)CC1. The van der Waals surface area contributed by atoms with Crippen LogP contribution in [0, 0.1) is 0 Å². The van der Waals surface area contributed by atoms with Gasteiger partial charge in [-0.15, -0.1) is 0 Å². The molecule has 2 aliphatic rings. The molecule has 7 heteroatoms. The van der Waals surface area contributed by atoms with Crippen molar-refractivity contribution in [3.8, 4) is 11.5 Å². The molecule has 1 aliphatic heterocycles. The minimum Gasteiger partial charge on any atom is -0.496 e. The van der Waals surface area contributed by atoms with E-state index in [9.17, 15) is 9.59 Å². The maximum Gasteiger partial charge on any atom is 0.259 e. The molecule has 1 saturated heterocycles. The quantitative estimate of drug-likeness (QED) is 0.633. The largest absolute Gasteiger partial charge is 0.496 e. The molecule has 2 amide bonds. The Kier molecular flexibility index (Phi) is 8.16. The van der Waals surface area contributed by atoms with Gasteiger partial charge in [0.25, 0.3) is 11.8 Å². The molecule has 1 saturated carbocycles. The van der Waals surface area contributed by atoms with E-state index < -0.39 is 0 Å². The Balaban J connectivity index is 1.41. The van der Waals surface area contributed by atoms with E-state index in [1.165, 1.54) is 19.3 Å². The molecule has 4 rings (SSSR count). The van der Waals surface area contributed by atoms with Crippen LogP contribution in [0.1, 0.15) is 65.7 Å². The Bertz CT molecular complexity index is 1000. The van der Waals surface area contributed by atoms with E-state index in [0.717, 1.165) is 50.0 Å². The van der Waals surface area contributed by atoms with Crippen molar-refractivity contribution in [2.75, 3.05) is 39.3 Å². The van der Waals surface area contributed by atoms with Gasteiger partial charge >= 0.3 is 0 Å². The first-order valence-electron chi connectivity index (χ1n) is 12.7. The van der Waals surface area contributed by atoms with Crippen LogP contribution in [0.3, 0.4) is 0 Å². The zero-order valence-electron chi connectivity index (χ0n) is 21.1. The fraction of sp³-hybridized carbons (Fsp3) is 0.500. The van der Waals surface area contributed by atoms with Crippen molar-refractivity contribution >= 4 is 17.5 Å². The number of anilines is 1. The van der Waals surface area contributed by atoms with Crippen molar-refractivity contribution in [2.24, 2.45) is 0 Å². The van der Waals surface area contributed by atoms with Crippen LogP contribution in [0.5, 0.6) is 11.5 Å². The van der Waals surface area contributed by atoms with Crippen molar-refractivity contribution in [2.45, 2.75) is 57.0 Å². The highest BCUT2D eigenvalue weighted by atomic mass is 16.5. The first-order chi connectivity index (χ1) is 17.0. The fourth-order valence-electron chi connectivity index (χ4n) is 5.35. The third kappa shape index (κ3) is 5.55. The minimum atomic E-state index is -0.192. The molecule has 0 radical (unpaired) electrons. The van der Waals surface area contributed by atoms with Crippen LogP contribution in [0.2, 0.25) is 0 Å². The van der Waals surface area contributed by atoms with Gasteiger partial charge in [0.05, 0.1) is 19.8 Å². The van der Waals surface area contributed by atoms with E-state index in [4.69, 9.17) is 9.47 Å². The predicted octanol–water partition coefficient (Wildman–Crippen LogP) is 4.51. The summed E-state index contributed by atoms with van der Waals surface area (Å²) in [5.74, 6) is 0.899. The third-order valence-corrected chi connectivity index (χ3v) is 7.40. The number of piperidine rings is 1. The summed E-state index contributed by atoms with van der Waals surface area (Å²) in [6.07, 6.45) is 7.44. The fourth-order valence-corrected chi connectivity index (χ4v) is 5.35. The van der Waals surface area contributed by atoms with Crippen molar-refractivity contribution in [3.63, 3.8) is 0 Å². The first kappa shape index (κ1) is 24.9. The van der Waals surface area contributed by atoms with E-state index in [0.29, 0.717) is 23.1 Å². The normalized spacial score (nSPS) is 17.1. The van der Waals surface area contributed by atoms with E-state index in [1.54, 1.807) is 32.4 Å². The highest BCUT2D eigenvalue weighted by Crippen LogP contribution is 2.30. The van der Waals surface area contributed by atoms with E-state index in [-0.39, 0.29) is 17.9 Å². The highest BCUT2D eigenvalue weighted by molar-refractivity contribution is 6.00. The smallest absolute Gasteiger partial charge is 0.259 e. The molecular formula is C28H37N3O4. The topological polar surface area (TPSA) is 71.1 Å². The van der Waals surface area contributed by atoms with E-state index >= 15 is 0 Å². The number of hydrogen-bond acceptors (Lipinski definition) is 5.